The molecule has 0 saturated heterocycles. The summed E-state index contributed by atoms with van der Waals surface area (Å²) in [5.74, 6) is 0.576. The summed E-state index contributed by atoms with van der Waals surface area (Å²) < 4.78 is 10.5. The fraction of sp³-hybridized carbons (Fsp3) is 0.417. The summed E-state index contributed by atoms with van der Waals surface area (Å²) in [5.41, 5.74) is 6.44. The number of hydrogen-bond acceptors (Lipinski definition) is 5. The summed E-state index contributed by atoms with van der Waals surface area (Å²) in [6, 6.07) is 5.55. The first-order valence-corrected chi connectivity index (χ1v) is 5.77. The van der Waals surface area contributed by atoms with Crippen LogP contribution in [-0.2, 0) is 4.79 Å². The van der Waals surface area contributed by atoms with E-state index in [1.165, 1.54) is 0 Å². The van der Waals surface area contributed by atoms with Crippen molar-refractivity contribution in [3.05, 3.63) is 18.2 Å². The Kier molecular flexibility index (Phi) is 3.88. The third kappa shape index (κ3) is 2.84. The first kappa shape index (κ1) is 12.5. The molecule has 0 amide bonds. The van der Waals surface area contributed by atoms with E-state index in [4.69, 9.17) is 20.3 Å². The second-order valence-electron chi connectivity index (χ2n) is 3.96. The lowest BCUT2D eigenvalue weighted by Crippen LogP contribution is -2.31. The highest BCUT2D eigenvalue weighted by atomic mass is 16.7. The minimum absolute atomic E-state index is 0.0778. The molecule has 6 nitrogen and oxygen atoms in total. The van der Waals surface area contributed by atoms with Gasteiger partial charge in [0.1, 0.15) is 0 Å². The number of fused-ring (bicyclic) bond motifs is 1. The van der Waals surface area contributed by atoms with E-state index in [9.17, 15) is 4.79 Å². The van der Waals surface area contributed by atoms with Crippen molar-refractivity contribution in [1.82, 2.24) is 0 Å². The molecule has 0 saturated carbocycles. The van der Waals surface area contributed by atoms with Crippen molar-refractivity contribution in [3.63, 3.8) is 0 Å². The van der Waals surface area contributed by atoms with Crippen LogP contribution < -0.4 is 20.1 Å². The van der Waals surface area contributed by atoms with Crippen LogP contribution in [0.2, 0.25) is 0 Å². The molecule has 1 aromatic carbocycles. The van der Waals surface area contributed by atoms with Crippen molar-refractivity contribution in [2.45, 2.75) is 6.42 Å². The number of carboxylic acid groups (broad SMARTS) is 1. The van der Waals surface area contributed by atoms with Crippen molar-refractivity contribution in [2.24, 2.45) is 5.73 Å². The summed E-state index contributed by atoms with van der Waals surface area (Å²) in [5, 5.41) is 8.73. The molecule has 18 heavy (non-hydrogen) atoms. The van der Waals surface area contributed by atoms with Crippen LogP contribution in [-0.4, -0.2) is 37.5 Å². The minimum Gasteiger partial charge on any atom is -0.481 e. The zero-order chi connectivity index (χ0) is 13.0. The number of hydrogen-bond donors (Lipinski definition) is 2. The van der Waals surface area contributed by atoms with Gasteiger partial charge in [0.05, 0.1) is 6.42 Å². The van der Waals surface area contributed by atoms with Crippen LogP contribution in [0.25, 0.3) is 0 Å². The predicted molar refractivity (Wildman–Crippen MR) is 66.1 cm³/mol. The number of anilines is 1. The Hall–Kier alpha value is -1.95. The Balaban J connectivity index is 2.11. The SMILES string of the molecule is NCCN(CCC(=O)O)c1ccc2c(c1)OCO2. The van der Waals surface area contributed by atoms with Crippen LogP contribution in [0.5, 0.6) is 11.5 Å². The molecule has 0 aliphatic carbocycles. The number of carbonyl (C=O) groups is 1. The molecule has 0 spiro atoms. The highest BCUT2D eigenvalue weighted by Gasteiger charge is 2.16. The summed E-state index contributed by atoms with van der Waals surface area (Å²) in [7, 11) is 0. The number of aliphatic carboxylic acids is 1. The monoisotopic (exact) mass is 252 g/mol. The number of nitrogens with zero attached hydrogens (tertiary/aromatic N) is 1. The molecule has 1 aliphatic heterocycles. The van der Waals surface area contributed by atoms with Crippen LogP contribution in [0.1, 0.15) is 6.42 Å². The fourth-order valence-corrected chi connectivity index (χ4v) is 1.84. The van der Waals surface area contributed by atoms with Gasteiger partial charge < -0.3 is 25.2 Å². The summed E-state index contributed by atoms with van der Waals surface area (Å²) in [6.07, 6.45) is 0.0778. The molecular weight excluding hydrogens is 236 g/mol. The van der Waals surface area contributed by atoms with Crippen LogP contribution in [0.4, 0.5) is 5.69 Å². The van der Waals surface area contributed by atoms with Gasteiger partial charge in [0.15, 0.2) is 11.5 Å². The van der Waals surface area contributed by atoms with Gasteiger partial charge in [0.2, 0.25) is 6.79 Å². The normalized spacial score (nSPS) is 12.5. The van der Waals surface area contributed by atoms with Crippen LogP contribution in [0.3, 0.4) is 0 Å². The van der Waals surface area contributed by atoms with Crippen molar-refractivity contribution in [1.29, 1.82) is 0 Å². The number of carboxylic acids is 1. The minimum atomic E-state index is -0.822. The molecule has 0 unspecified atom stereocenters. The van der Waals surface area contributed by atoms with E-state index in [0.717, 1.165) is 5.69 Å². The zero-order valence-corrected chi connectivity index (χ0v) is 9.96. The first-order valence-electron chi connectivity index (χ1n) is 5.77. The lowest BCUT2D eigenvalue weighted by atomic mass is 10.2. The van der Waals surface area contributed by atoms with Gasteiger partial charge in [-0.1, -0.05) is 0 Å². The van der Waals surface area contributed by atoms with E-state index >= 15 is 0 Å². The fourth-order valence-electron chi connectivity index (χ4n) is 1.84. The van der Waals surface area contributed by atoms with Crippen LogP contribution in [0.15, 0.2) is 18.2 Å². The molecule has 0 atom stereocenters. The highest BCUT2D eigenvalue weighted by molar-refractivity contribution is 5.68. The smallest absolute Gasteiger partial charge is 0.305 e. The van der Waals surface area contributed by atoms with E-state index in [2.05, 4.69) is 0 Å². The number of ether oxygens (including phenoxy) is 2. The topological polar surface area (TPSA) is 85.0 Å². The molecule has 1 aromatic rings. The predicted octanol–water partition coefficient (Wildman–Crippen LogP) is 0.655. The van der Waals surface area contributed by atoms with Gasteiger partial charge in [-0.25, -0.2) is 0 Å². The van der Waals surface area contributed by atoms with E-state index in [-0.39, 0.29) is 13.2 Å². The average molecular weight is 252 g/mol. The van der Waals surface area contributed by atoms with Gasteiger partial charge in [-0.05, 0) is 12.1 Å². The van der Waals surface area contributed by atoms with Crippen molar-refractivity contribution >= 4 is 11.7 Å². The Bertz CT molecular complexity index is 436. The zero-order valence-electron chi connectivity index (χ0n) is 9.96. The molecule has 98 valence electrons. The Morgan fingerprint density at radius 2 is 2.11 bits per heavy atom. The van der Waals surface area contributed by atoms with E-state index in [1.54, 1.807) is 0 Å². The molecule has 2 rings (SSSR count). The largest absolute Gasteiger partial charge is 0.481 e. The number of nitrogens with two attached hydrogens (primary N) is 1. The summed E-state index contributed by atoms with van der Waals surface area (Å²) >= 11 is 0. The van der Waals surface area contributed by atoms with Gasteiger partial charge in [-0.2, -0.15) is 0 Å². The van der Waals surface area contributed by atoms with E-state index in [0.29, 0.717) is 31.1 Å². The van der Waals surface area contributed by atoms with E-state index in [1.807, 2.05) is 23.1 Å². The lowest BCUT2D eigenvalue weighted by molar-refractivity contribution is -0.136. The Morgan fingerprint density at radius 1 is 1.33 bits per heavy atom. The first-order chi connectivity index (χ1) is 8.70. The summed E-state index contributed by atoms with van der Waals surface area (Å²) in [6.45, 7) is 1.72. The third-order valence-corrected chi connectivity index (χ3v) is 2.72. The molecule has 0 fully saturated rings. The van der Waals surface area contributed by atoms with Gasteiger partial charge in [-0.3, -0.25) is 4.79 Å². The third-order valence-electron chi connectivity index (χ3n) is 2.72. The van der Waals surface area contributed by atoms with Gasteiger partial charge >= 0.3 is 5.97 Å². The number of rotatable bonds is 6. The van der Waals surface area contributed by atoms with Gasteiger partial charge in [0, 0.05) is 31.4 Å². The number of benzene rings is 1. The van der Waals surface area contributed by atoms with Gasteiger partial charge in [-0.15, -0.1) is 0 Å². The maximum Gasteiger partial charge on any atom is 0.305 e. The van der Waals surface area contributed by atoms with Crippen molar-refractivity contribution in [2.75, 3.05) is 31.3 Å². The maximum absolute atomic E-state index is 10.6. The molecule has 0 radical (unpaired) electrons. The second-order valence-corrected chi connectivity index (χ2v) is 3.96. The summed E-state index contributed by atoms with van der Waals surface area (Å²) in [4.78, 5) is 12.6. The standard InChI is InChI=1S/C12H16N2O4/c13-4-6-14(5-3-12(15)16)9-1-2-10-11(7-9)18-8-17-10/h1-2,7H,3-6,8,13H2,(H,15,16). The quantitative estimate of drug-likeness (QED) is 0.773. The molecular formula is C12H16N2O4. The Morgan fingerprint density at radius 3 is 2.83 bits per heavy atom. The molecule has 1 aliphatic rings. The van der Waals surface area contributed by atoms with E-state index < -0.39 is 5.97 Å². The van der Waals surface area contributed by atoms with Crippen LogP contribution >= 0.6 is 0 Å². The lowest BCUT2D eigenvalue weighted by Gasteiger charge is -2.23. The van der Waals surface area contributed by atoms with Crippen molar-refractivity contribution in [3.8, 4) is 11.5 Å². The highest BCUT2D eigenvalue weighted by Crippen LogP contribution is 2.35. The van der Waals surface area contributed by atoms with Crippen LogP contribution in [0, 0.1) is 0 Å². The molecule has 1 heterocycles. The molecule has 3 N–H and O–H groups in total. The molecule has 0 aromatic heterocycles. The molecule has 6 heteroatoms. The average Bonchev–Trinajstić information content (AvgIpc) is 2.81. The molecule has 0 bridgehead atoms. The Labute approximate surface area is 105 Å². The van der Waals surface area contributed by atoms with Gasteiger partial charge in [0.25, 0.3) is 0 Å². The van der Waals surface area contributed by atoms with Crippen molar-refractivity contribution < 1.29 is 19.4 Å². The maximum atomic E-state index is 10.6. The second kappa shape index (κ2) is 5.59.